The number of imidazole rings is 1. The minimum Gasteiger partial charge on any atom is -0.390 e. The van der Waals surface area contributed by atoms with E-state index in [1.807, 2.05) is 6.07 Å². The van der Waals surface area contributed by atoms with Gasteiger partial charge in [0.05, 0.1) is 18.5 Å². The van der Waals surface area contributed by atoms with Gasteiger partial charge in [-0.1, -0.05) is 5.92 Å². The van der Waals surface area contributed by atoms with Crippen LogP contribution in [0.1, 0.15) is 30.8 Å². The molecular formula is C20H20N6O3. The minimum absolute atomic E-state index is 0.156. The van der Waals surface area contributed by atoms with Crippen LogP contribution in [0.2, 0.25) is 0 Å². The highest BCUT2D eigenvalue weighted by Gasteiger charge is 2.45. The second kappa shape index (κ2) is 7.58. The van der Waals surface area contributed by atoms with E-state index in [-0.39, 0.29) is 11.6 Å². The lowest BCUT2D eigenvalue weighted by molar-refractivity contribution is -0.124. The van der Waals surface area contributed by atoms with Gasteiger partial charge in [0.15, 0.2) is 17.0 Å². The van der Waals surface area contributed by atoms with E-state index in [2.05, 4.69) is 37.1 Å². The topological polar surface area (TPSA) is 126 Å². The Morgan fingerprint density at radius 1 is 1.28 bits per heavy atom. The van der Waals surface area contributed by atoms with Crippen molar-refractivity contribution in [3.05, 3.63) is 42.2 Å². The third-order valence-corrected chi connectivity index (χ3v) is 5.17. The molecule has 0 aromatic carbocycles. The lowest BCUT2D eigenvalue weighted by atomic mass is 10.0. The second-order valence-electron chi connectivity index (χ2n) is 6.96. The van der Waals surface area contributed by atoms with Crippen molar-refractivity contribution in [2.24, 2.45) is 5.92 Å². The number of hydrogen-bond acceptors (Lipinski definition) is 8. The Hall–Kier alpha value is -3.35. The molecule has 29 heavy (non-hydrogen) atoms. The highest BCUT2D eigenvalue weighted by molar-refractivity contribution is 5.83. The first-order valence-electron chi connectivity index (χ1n) is 9.20. The molecule has 1 aliphatic rings. The number of aromatic nitrogens is 5. The summed E-state index contributed by atoms with van der Waals surface area (Å²) in [6.07, 6.45) is 2.94. The summed E-state index contributed by atoms with van der Waals surface area (Å²) in [6, 6.07) is 3.10. The maximum atomic E-state index is 11.8. The normalized spacial score (nSPS) is 23.6. The van der Waals surface area contributed by atoms with Crippen LogP contribution < -0.4 is 5.32 Å². The van der Waals surface area contributed by atoms with E-state index >= 15 is 0 Å². The van der Waals surface area contributed by atoms with Gasteiger partial charge in [-0.15, -0.1) is 0 Å². The Kier molecular flexibility index (Phi) is 4.96. The van der Waals surface area contributed by atoms with Crippen molar-refractivity contribution in [1.29, 1.82) is 0 Å². The lowest BCUT2D eigenvalue weighted by Crippen LogP contribution is -2.31. The Bertz CT molecular complexity index is 1120. The smallest absolute Gasteiger partial charge is 0.209 e. The number of nitrogens with zero attached hydrogens (tertiary/aromatic N) is 5. The van der Waals surface area contributed by atoms with E-state index in [0.717, 1.165) is 5.56 Å². The van der Waals surface area contributed by atoms with E-state index < -0.39 is 24.2 Å². The Labute approximate surface area is 166 Å². The van der Waals surface area contributed by atoms with E-state index in [1.54, 1.807) is 36.4 Å². The minimum atomic E-state index is -1.12. The molecule has 1 fully saturated rings. The van der Waals surface area contributed by atoms with Crippen LogP contribution in [-0.4, -0.2) is 59.8 Å². The van der Waals surface area contributed by atoms with Crippen molar-refractivity contribution >= 4 is 22.8 Å². The van der Waals surface area contributed by atoms with Gasteiger partial charge in [0.25, 0.3) is 0 Å². The summed E-state index contributed by atoms with van der Waals surface area (Å²) in [5.41, 5.74) is 1.72. The van der Waals surface area contributed by atoms with Gasteiger partial charge in [-0.05, 0) is 31.4 Å². The molecule has 0 aliphatic heterocycles. The number of rotatable bonds is 3. The zero-order chi connectivity index (χ0) is 20.5. The largest absolute Gasteiger partial charge is 0.390 e. The van der Waals surface area contributed by atoms with Gasteiger partial charge in [0, 0.05) is 30.9 Å². The van der Waals surface area contributed by atoms with Crippen LogP contribution in [-0.2, 0) is 4.79 Å². The van der Waals surface area contributed by atoms with Crippen LogP contribution >= 0.6 is 0 Å². The van der Waals surface area contributed by atoms with Gasteiger partial charge in [0.1, 0.15) is 11.9 Å². The van der Waals surface area contributed by atoms with Crippen LogP contribution in [0.15, 0.2) is 30.9 Å². The Balaban J connectivity index is 1.77. The fraction of sp³-hybridized carbons (Fsp3) is 0.350. The fourth-order valence-corrected chi connectivity index (χ4v) is 3.64. The number of nitrogens with one attached hydrogen (secondary N) is 1. The average molecular weight is 392 g/mol. The zero-order valence-electron chi connectivity index (χ0n) is 15.9. The van der Waals surface area contributed by atoms with E-state index in [0.29, 0.717) is 23.4 Å². The number of hydrogen-bond donors (Lipinski definition) is 3. The van der Waals surface area contributed by atoms with Crippen LogP contribution in [0, 0.1) is 17.8 Å². The van der Waals surface area contributed by atoms with Gasteiger partial charge in [0.2, 0.25) is 5.82 Å². The monoisotopic (exact) mass is 392 g/mol. The molecule has 9 heteroatoms. The number of Topliss-reactive ketones (excluding diaryl/α,β-unsaturated/α-hetero) is 1. The summed E-state index contributed by atoms with van der Waals surface area (Å²) >= 11 is 0. The molecule has 3 N–H and O–H groups in total. The summed E-state index contributed by atoms with van der Waals surface area (Å²) in [4.78, 5) is 29.1. The first-order chi connectivity index (χ1) is 14.0. The summed E-state index contributed by atoms with van der Waals surface area (Å²) in [6.45, 7) is 1.42. The number of aliphatic hydroxyl groups excluding tert-OH is 2. The number of aliphatic hydroxyl groups is 2. The third-order valence-electron chi connectivity index (χ3n) is 5.17. The predicted molar refractivity (Wildman–Crippen MR) is 105 cm³/mol. The number of ketones is 1. The van der Waals surface area contributed by atoms with Crippen molar-refractivity contribution in [2.75, 3.05) is 12.4 Å². The molecule has 1 saturated carbocycles. The molecule has 3 aromatic rings. The fourth-order valence-electron chi connectivity index (χ4n) is 3.64. The van der Waals surface area contributed by atoms with Crippen molar-refractivity contribution in [2.45, 2.75) is 31.6 Å². The molecule has 0 saturated heterocycles. The molecule has 4 rings (SSSR count). The summed E-state index contributed by atoms with van der Waals surface area (Å²) in [5.74, 6) is 5.89. The molecule has 0 spiro atoms. The van der Waals surface area contributed by atoms with Crippen molar-refractivity contribution in [3.8, 4) is 11.8 Å². The number of fused-ring (bicyclic) bond motifs is 1. The van der Waals surface area contributed by atoms with E-state index in [1.165, 1.54) is 6.92 Å². The van der Waals surface area contributed by atoms with E-state index in [9.17, 15) is 15.0 Å². The lowest BCUT2D eigenvalue weighted by Gasteiger charge is -2.18. The Morgan fingerprint density at radius 2 is 2.10 bits per heavy atom. The summed E-state index contributed by atoms with van der Waals surface area (Å²) in [5, 5.41) is 23.8. The molecule has 9 nitrogen and oxygen atoms in total. The summed E-state index contributed by atoms with van der Waals surface area (Å²) in [7, 11) is 1.72. The molecular weight excluding hydrogens is 372 g/mol. The quantitative estimate of drug-likeness (QED) is 0.551. The van der Waals surface area contributed by atoms with E-state index in [4.69, 9.17) is 0 Å². The standard InChI is InChI=1S/C20H20N6O3/c1-11(27)13-8-14(18(29)17(13)28)26-10-23-16-19(21-2)24-15(25-20(16)26)6-5-12-4-3-7-22-9-12/h3-4,7,9-10,13-14,17-18,28-29H,8H2,1-2H3,(H,21,24,25)/t13-,14-,17?,18+/m1/s1. The number of anilines is 1. The van der Waals surface area contributed by atoms with Gasteiger partial charge in [-0.3, -0.25) is 9.78 Å². The van der Waals surface area contributed by atoms with Gasteiger partial charge >= 0.3 is 0 Å². The molecule has 4 atom stereocenters. The molecule has 1 aliphatic carbocycles. The average Bonchev–Trinajstić information content (AvgIpc) is 3.28. The maximum absolute atomic E-state index is 11.8. The molecule has 3 aromatic heterocycles. The SMILES string of the molecule is CNc1nc(C#Cc2cccnc2)nc2c1ncn2[C@@H]1C[C@H](C(C)=O)C(O)[C@H]1O. The van der Waals surface area contributed by atoms with Gasteiger partial charge < -0.3 is 20.1 Å². The second-order valence-corrected chi connectivity index (χ2v) is 6.96. The first-order valence-corrected chi connectivity index (χ1v) is 9.20. The van der Waals surface area contributed by atoms with Crippen LogP contribution in [0.25, 0.3) is 11.2 Å². The Morgan fingerprint density at radius 3 is 2.76 bits per heavy atom. The predicted octanol–water partition coefficient (Wildman–Crippen LogP) is 0.535. The third kappa shape index (κ3) is 3.44. The van der Waals surface area contributed by atoms with Crippen molar-refractivity contribution in [1.82, 2.24) is 24.5 Å². The maximum Gasteiger partial charge on any atom is 0.209 e. The van der Waals surface area contributed by atoms with Crippen LogP contribution in [0.4, 0.5) is 5.82 Å². The van der Waals surface area contributed by atoms with Crippen LogP contribution in [0.5, 0.6) is 0 Å². The highest BCUT2D eigenvalue weighted by atomic mass is 16.3. The molecule has 0 bridgehead atoms. The molecule has 148 valence electrons. The number of carbonyl (C=O) groups excluding carboxylic acids is 1. The van der Waals surface area contributed by atoms with Gasteiger partial charge in [-0.25, -0.2) is 15.0 Å². The van der Waals surface area contributed by atoms with Crippen molar-refractivity contribution in [3.63, 3.8) is 0 Å². The van der Waals surface area contributed by atoms with Crippen molar-refractivity contribution < 1.29 is 15.0 Å². The van der Waals surface area contributed by atoms with Gasteiger partial charge in [-0.2, -0.15) is 0 Å². The number of carbonyl (C=O) groups is 1. The first kappa shape index (κ1) is 19.0. The zero-order valence-corrected chi connectivity index (χ0v) is 15.9. The molecule has 0 radical (unpaired) electrons. The highest BCUT2D eigenvalue weighted by Crippen LogP contribution is 2.37. The van der Waals surface area contributed by atoms with Crippen LogP contribution in [0.3, 0.4) is 0 Å². The summed E-state index contributed by atoms with van der Waals surface area (Å²) < 4.78 is 1.68. The molecule has 3 heterocycles. The molecule has 1 unspecified atom stereocenters. The molecule has 0 amide bonds. The number of pyridine rings is 1.